The molecule has 0 fully saturated rings. The van der Waals surface area contributed by atoms with Gasteiger partial charge in [0.25, 0.3) is 0 Å². The standard InChI is InChI=1S/C14H11NO2S2/c1-2-17-14(16)13-12(9(7-15)8-19-13)10-5-3-4-6-11(10)18/h3-6,8,18H,2H2,1H3. The van der Waals surface area contributed by atoms with Crippen LogP contribution in [0.15, 0.2) is 34.5 Å². The van der Waals surface area contributed by atoms with E-state index in [0.717, 1.165) is 10.5 Å². The fourth-order valence-electron chi connectivity index (χ4n) is 1.74. The predicted octanol–water partition coefficient (Wildman–Crippen LogP) is 3.75. The van der Waals surface area contributed by atoms with Crippen molar-refractivity contribution in [2.45, 2.75) is 11.8 Å². The molecule has 0 bridgehead atoms. The molecule has 0 amide bonds. The molecule has 0 saturated carbocycles. The van der Waals surface area contributed by atoms with E-state index in [-0.39, 0.29) is 0 Å². The van der Waals surface area contributed by atoms with Crippen molar-refractivity contribution in [1.82, 2.24) is 0 Å². The summed E-state index contributed by atoms with van der Waals surface area (Å²) < 4.78 is 5.02. The van der Waals surface area contributed by atoms with Gasteiger partial charge in [-0.2, -0.15) is 5.26 Å². The number of thiophene rings is 1. The zero-order chi connectivity index (χ0) is 13.8. The van der Waals surface area contributed by atoms with Gasteiger partial charge < -0.3 is 4.74 Å². The van der Waals surface area contributed by atoms with Crippen molar-refractivity contribution < 1.29 is 9.53 Å². The second-order valence-electron chi connectivity index (χ2n) is 3.70. The Balaban J connectivity index is 2.62. The van der Waals surface area contributed by atoms with E-state index in [4.69, 9.17) is 4.74 Å². The van der Waals surface area contributed by atoms with Gasteiger partial charge >= 0.3 is 5.97 Å². The normalized spacial score (nSPS) is 9.95. The van der Waals surface area contributed by atoms with Crippen molar-refractivity contribution in [1.29, 1.82) is 5.26 Å². The minimum atomic E-state index is -0.402. The lowest BCUT2D eigenvalue weighted by molar-refractivity contribution is 0.0533. The molecule has 0 spiro atoms. The molecule has 1 heterocycles. The van der Waals surface area contributed by atoms with E-state index in [1.165, 1.54) is 11.3 Å². The lowest BCUT2D eigenvalue weighted by Crippen LogP contribution is -2.04. The van der Waals surface area contributed by atoms with Crippen LogP contribution in [-0.2, 0) is 4.74 Å². The largest absolute Gasteiger partial charge is 0.462 e. The van der Waals surface area contributed by atoms with Crippen LogP contribution >= 0.6 is 24.0 Å². The lowest BCUT2D eigenvalue weighted by atomic mass is 10.0. The van der Waals surface area contributed by atoms with Crippen molar-refractivity contribution >= 4 is 29.9 Å². The molecule has 0 aliphatic carbocycles. The van der Waals surface area contributed by atoms with Crippen LogP contribution in [0, 0.1) is 11.3 Å². The van der Waals surface area contributed by atoms with Gasteiger partial charge in [-0.1, -0.05) is 18.2 Å². The number of hydrogen-bond donors (Lipinski definition) is 1. The third-order valence-corrected chi connectivity index (χ3v) is 3.90. The molecule has 5 heteroatoms. The highest BCUT2D eigenvalue weighted by Gasteiger charge is 2.21. The van der Waals surface area contributed by atoms with Gasteiger partial charge in [-0.15, -0.1) is 24.0 Å². The summed E-state index contributed by atoms with van der Waals surface area (Å²) in [6.45, 7) is 2.06. The van der Waals surface area contributed by atoms with E-state index in [1.54, 1.807) is 12.3 Å². The van der Waals surface area contributed by atoms with E-state index in [2.05, 4.69) is 18.7 Å². The molecule has 0 N–H and O–H groups in total. The van der Waals surface area contributed by atoms with Crippen LogP contribution in [0.1, 0.15) is 22.2 Å². The Hall–Kier alpha value is -1.77. The number of nitrogens with zero attached hydrogens (tertiary/aromatic N) is 1. The van der Waals surface area contributed by atoms with Crippen LogP contribution in [0.2, 0.25) is 0 Å². The first-order chi connectivity index (χ1) is 9.19. The first-order valence-electron chi connectivity index (χ1n) is 5.66. The van der Waals surface area contributed by atoms with Gasteiger partial charge in [0.15, 0.2) is 0 Å². The van der Waals surface area contributed by atoms with Crippen LogP contribution in [0.5, 0.6) is 0 Å². The maximum atomic E-state index is 11.9. The monoisotopic (exact) mass is 289 g/mol. The number of esters is 1. The third kappa shape index (κ3) is 2.65. The van der Waals surface area contributed by atoms with Crippen molar-refractivity contribution in [2.75, 3.05) is 6.61 Å². The first-order valence-corrected chi connectivity index (χ1v) is 6.98. The second-order valence-corrected chi connectivity index (χ2v) is 5.06. The van der Waals surface area contributed by atoms with Crippen molar-refractivity contribution in [3.8, 4) is 17.2 Å². The fourth-order valence-corrected chi connectivity index (χ4v) is 2.91. The first kappa shape index (κ1) is 13.7. The van der Waals surface area contributed by atoms with Gasteiger partial charge in [-0.25, -0.2) is 4.79 Å². The molecule has 0 atom stereocenters. The number of benzene rings is 1. The molecule has 0 aliphatic heterocycles. The molecule has 1 aromatic carbocycles. The number of hydrogen-bond acceptors (Lipinski definition) is 5. The highest BCUT2D eigenvalue weighted by atomic mass is 32.1. The highest BCUT2D eigenvalue weighted by Crippen LogP contribution is 2.36. The maximum absolute atomic E-state index is 11.9. The predicted molar refractivity (Wildman–Crippen MR) is 77.7 cm³/mol. The van der Waals surface area contributed by atoms with E-state index < -0.39 is 5.97 Å². The summed E-state index contributed by atoms with van der Waals surface area (Å²) in [6.07, 6.45) is 0. The highest BCUT2D eigenvalue weighted by molar-refractivity contribution is 7.80. The molecule has 3 nitrogen and oxygen atoms in total. The van der Waals surface area contributed by atoms with Gasteiger partial charge in [0.2, 0.25) is 0 Å². The van der Waals surface area contributed by atoms with E-state index in [9.17, 15) is 10.1 Å². The van der Waals surface area contributed by atoms with Crippen molar-refractivity contribution in [3.05, 3.63) is 40.1 Å². The molecule has 19 heavy (non-hydrogen) atoms. The van der Waals surface area contributed by atoms with Gasteiger partial charge in [0.1, 0.15) is 10.9 Å². The Labute approximate surface area is 120 Å². The summed E-state index contributed by atoms with van der Waals surface area (Å²) >= 11 is 5.60. The minimum absolute atomic E-state index is 0.306. The number of ether oxygens (including phenoxy) is 1. The van der Waals surface area contributed by atoms with E-state index >= 15 is 0 Å². The number of rotatable bonds is 3. The number of carbonyl (C=O) groups excluding carboxylic acids is 1. The van der Waals surface area contributed by atoms with Gasteiger partial charge in [0, 0.05) is 15.8 Å². The average Bonchev–Trinajstić information content (AvgIpc) is 2.83. The van der Waals surface area contributed by atoms with Gasteiger partial charge in [0.05, 0.1) is 12.2 Å². The van der Waals surface area contributed by atoms with E-state index in [0.29, 0.717) is 22.6 Å². The number of carbonyl (C=O) groups is 1. The van der Waals surface area contributed by atoms with E-state index in [1.807, 2.05) is 24.3 Å². The Morgan fingerprint density at radius 3 is 2.84 bits per heavy atom. The Bertz CT molecular complexity index is 656. The summed E-state index contributed by atoms with van der Waals surface area (Å²) in [7, 11) is 0. The molecule has 96 valence electrons. The SMILES string of the molecule is CCOC(=O)c1scc(C#N)c1-c1ccccc1S. The minimum Gasteiger partial charge on any atom is -0.462 e. The number of nitriles is 1. The summed E-state index contributed by atoms with van der Waals surface area (Å²) in [4.78, 5) is 13.1. The summed E-state index contributed by atoms with van der Waals surface area (Å²) in [6, 6.07) is 9.48. The molecular weight excluding hydrogens is 278 g/mol. The smallest absolute Gasteiger partial charge is 0.348 e. The topological polar surface area (TPSA) is 50.1 Å². The Kier molecular flexibility index (Phi) is 4.25. The maximum Gasteiger partial charge on any atom is 0.348 e. The van der Waals surface area contributed by atoms with Gasteiger partial charge in [-0.05, 0) is 18.6 Å². The molecule has 2 rings (SSSR count). The van der Waals surface area contributed by atoms with Crippen LogP contribution in [0.25, 0.3) is 11.1 Å². The van der Waals surface area contributed by atoms with Gasteiger partial charge in [-0.3, -0.25) is 0 Å². The second kappa shape index (κ2) is 5.91. The molecular formula is C14H11NO2S2. The van der Waals surface area contributed by atoms with Crippen LogP contribution < -0.4 is 0 Å². The molecule has 0 saturated heterocycles. The lowest BCUT2D eigenvalue weighted by Gasteiger charge is -2.07. The molecule has 0 aliphatic rings. The zero-order valence-electron chi connectivity index (χ0n) is 10.2. The van der Waals surface area contributed by atoms with Crippen LogP contribution in [0.3, 0.4) is 0 Å². The average molecular weight is 289 g/mol. The summed E-state index contributed by atoms with van der Waals surface area (Å²) in [5, 5.41) is 10.8. The fraction of sp³-hybridized carbons (Fsp3) is 0.143. The third-order valence-electron chi connectivity index (χ3n) is 2.55. The van der Waals surface area contributed by atoms with Crippen LogP contribution in [-0.4, -0.2) is 12.6 Å². The Morgan fingerprint density at radius 1 is 1.47 bits per heavy atom. The van der Waals surface area contributed by atoms with Crippen molar-refractivity contribution in [3.63, 3.8) is 0 Å². The summed E-state index contributed by atoms with van der Waals surface area (Å²) in [5.41, 5.74) is 1.85. The Morgan fingerprint density at radius 2 is 2.21 bits per heavy atom. The zero-order valence-corrected chi connectivity index (χ0v) is 11.9. The van der Waals surface area contributed by atoms with Crippen molar-refractivity contribution in [2.24, 2.45) is 0 Å². The molecule has 1 aromatic heterocycles. The quantitative estimate of drug-likeness (QED) is 0.691. The number of thiol groups is 1. The molecule has 0 radical (unpaired) electrons. The van der Waals surface area contributed by atoms with Crippen LogP contribution in [0.4, 0.5) is 0 Å². The molecule has 2 aromatic rings. The summed E-state index contributed by atoms with van der Waals surface area (Å²) in [5.74, 6) is -0.402. The molecule has 0 unspecified atom stereocenters.